The van der Waals surface area contributed by atoms with Crippen molar-refractivity contribution in [3.63, 3.8) is 0 Å². The fourth-order valence-corrected chi connectivity index (χ4v) is 2.91. The smallest absolute Gasteiger partial charge is 0.319 e. The second-order valence-electron chi connectivity index (χ2n) is 5.79. The fraction of sp³-hybridized carbons (Fsp3) is 0.500. The molecule has 0 saturated heterocycles. The maximum Gasteiger partial charge on any atom is 0.319 e. The third kappa shape index (κ3) is 4.51. The van der Waals surface area contributed by atoms with E-state index in [0.29, 0.717) is 42.1 Å². The van der Waals surface area contributed by atoms with E-state index in [1.165, 1.54) is 7.11 Å². The van der Waals surface area contributed by atoms with Crippen molar-refractivity contribution in [2.75, 3.05) is 12.4 Å². The summed E-state index contributed by atoms with van der Waals surface area (Å²) in [4.78, 5) is 23.1. The number of rotatable bonds is 4. The van der Waals surface area contributed by atoms with E-state index in [9.17, 15) is 9.59 Å². The number of anilines is 1. The highest BCUT2D eigenvalue weighted by Gasteiger charge is 2.26. The topological polar surface area (TPSA) is 87.7 Å². The van der Waals surface area contributed by atoms with Gasteiger partial charge in [-0.05, 0) is 44.2 Å². The first kappa shape index (κ1) is 17.4. The second-order valence-corrected chi connectivity index (χ2v) is 6.19. The molecule has 0 radical (unpaired) electrons. The zero-order valence-electron chi connectivity index (χ0n) is 13.2. The number of carboxylic acid groups (broad SMARTS) is 1. The fourth-order valence-electron chi connectivity index (χ4n) is 2.76. The number of halogens is 1. The Bertz CT molecular complexity index is 598. The molecule has 7 heteroatoms. The quantitative estimate of drug-likeness (QED) is 0.783. The molecule has 0 spiro atoms. The molecule has 1 aliphatic carbocycles. The Morgan fingerprint density at radius 3 is 2.48 bits per heavy atom. The number of nitrogens with one attached hydrogen (secondary N) is 2. The summed E-state index contributed by atoms with van der Waals surface area (Å²) in [5.74, 6) is -0.560. The first-order chi connectivity index (χ1) is 10.9. The van der Waals surface area contributed by atoms with E-state index in [4.69, 9.17) is 21.4 Å². The molecular weight excluding hydrogens is 320 g/mol. The highest BCUT2D eigenvalue weighted by atomic mass is 35.5. The predicted octanol–water partition coefficient (Wildman–Crippen LogP) is 3.42. The molecule has 126 valence electrons. The van der Waals surface area contributed by atoms with Crippen molar-refractivity contribution in [3.8, 4) is 5.75 Å². The lowest BCUT2D eigenvalue weighted by molar-refractivity contribution is -0.142. The molecule has 0 atom stereocenters. The molecule has 0 bridgehead atoms. The van der Waals surface area contributed by atoms with Gasteiger partial charge in [-0.3, -0.25) is 4.79 Å². The number of aliphatic carboxylic acids is 1. The number of methoxy groups -OCH3 is 1. The summed E-state index contributed by atoms with van der Waals surface area (Å²) in [5, 5.41) is 15.2. The monoisotopic (exact) mass is 340 g/mol. The summed E-state index contributed by atoms with van der Waals surface area (Å²) in [6.07, 6.45) is 2.51. The molecule has 6 nitrogen and oxygen atoms in total. The number of amides is 2. The molecule has 0 heterocycles. The molecule has 1 aromatic carbocycles. The largest absolute Gasteiger partial charge is 0.495 e. The summed E-state index contributed by atoms with van der Waals surface area (Å²) >= 11 is 6.04. The van der Waals surface area contributed by atoms with Crippen LogP contribution >= 0.6 is 11.6 Å². The van der Waals surface area contributed by atoms with E-state index < -0.39 is 5.97 Å². The Morgan fingerprint density at radius 2 is 1.91 bits per heavy atom. The van der Waals surface area contributed by atoms with Crippen molar-refractivity contribution in [3.05, 3.63) is 22.7 Å². The zero-order valence-corrected chi connectivity index (χ0v) is 13.9. The number of carbonyl (C=O) groups is 2. The molecule has 2 amide bonds. The SMILES string of the molecule is COc1cc(Cl)c(C)cc1NC(=O)NC1CCC(C(=O)O)CC1. The number of hydrogen-bond donors (Lipinski definition) is 3. The third-order valence-corrected chi connectivity index (χ3v) is 4.55. The summed E-state index contributed by atoms with van der Waals surface area (Å²) in [6, 6.07) is 3.07. The lowest BCUT2D eigenvalue weighted by atomic mass is 9.86. The lowest BCUT2D eigenvalue weighted by Crippen LogP contribution is -2.41. The van der Waals surface area contributed by atoms with Gasteiger partial charge >= 0.3 is 12.0 Å². The summed E-state index contributed by atoms with van der Waals surface area (Å²) in [5.41, 5.74) is 1.39. The molecule has 2 rings (SSSR count). The van der Waals surface area contributed by atoms with Crippen LogP contribution in [0.3, 0.4) is 0 Å². The van der Waals surface area contributed by atoms with Crippen LogP contribution in [0.4, 0.5) is 10.5 Å². The van der Waals surface area contributed by atoms with E-state index in [2.05, 4.69) is 10.6 Å². The maximum absolute atomic E-state index is 12.1. The number of carboxylic acids is 1. The van der Waals surface area contributed by atoms with Crippen LogP contribution in [0.5, 0.6) is 5.75 Å². The molecule has 1 aromatic rings. The van der Waals surface area contributed by atoms with Crippen molar-refractivity contribution in [2.24, 2.45) is 5.92 Å². The van der Waals surface area contributed by atoms with Gasteiger partial charge in [0.15, 0.2) is 0 Å². The Kier molecular flexibility index (Phi) is 5.71. The minimum atomic E-state index is -0.755. The van der Waals surface area contributed by atoms with E-state index in [1.807, 2.05) is 6.92 Å². The van der Waals surface area contributed by atoms with Gasteiger partial charge in [0.2, 0.25) is 0 Å². The normalized spacial score (nSPS) is 20.7. The zero-order chi connectivity index (χ0) is 17.0. The summed E-state index contributed by atoms with van der Waals surface area (Å²) in [6.45, 7) is 1.85. The molecule has 1 aliphatic rings. The van der Waals surface area contributed by atoms with Crippen LogP contribution in [0.25, 0.3) is 0 Å². The lowest BCUT2D eigenvalue weighted by Gasteiger charge is -2.27. The van der Waals surface area contributed by atoms with Gasteiger partial charge < -0.3 is 20.5 Å². The average molecular weight is 341 g/mol. The summed E-state index contributed by atoms with van der Waals surface area (Å²) < 4.78 is 5.22. The van der Waals surface area contributed by atoms with Crippen molar-refractivity contribution < 1.29 is 19.4 Å². The molecular formula is C16H21ClN2O4. The van der Waals surface area contributed by atoms with Gasteiger partial charge in [-0.15, -0.1) is 0 Å². The first-order valence-corrected chi connectivity index (χ1v) is 7.93. The number of carbonyl (C=O) groups excluding carboxylic acids is 1. The first-order valence-electron chi connectivity index (χ1n) is 7.55. The molecule has 23 heavy (non-hydrogen) atoms. The Hall–Kier alpha value is -1.95. The van der Waals surface area contributed by atoms with Crippen LogP contribution in [0.2, 0.25) is 5.02 Å². The van der Waals surface area contributed by atoms with E-state index in [1.54, 1.807) is 12.1 Å². The number of benzene rings is 1. The van der Waals surface area contributed by atoms with Gasteiger partial charge in [-0.2, -0.15) is 0 Å². The van der Waals surface area contributed by atoms with Gasteiger partial charge in [0.05, 0.1) is 18.7 Å². The van der Waals surface area contributed by atoms with Gasteiger partial charge in [0, 0.05) is 17.1 Å². The van der Waals surface area contributed by atoms with Crippen molar-refractivity contribution >= 4 is 29.3 Å². The van der Waals surface area contributed by atoms with Gasteiger partial charge in [-0.25, -0.2) is 4.79 Å². The number of ether oxygens (including phenoxy) is 1. The molecule has 0 aromatic heterocycles. The third-order valence-electron chi connectivity index (χ3n) is 4.14. The van der Waals surface area contributed by atoms with Crippen LogP contribution in [0.15, 0.2) is 12.1 Å². The maximum atomic E-state index is 12.1. The van der Waals surface area contributed by atoms with Crippen LogP contribution in [0, 0.1) is 12.8 Å². The highest BCUT2D eigenvalue weighted by molar-refractivity contribution is 6.31. The Labute approximate surface area is 140 Å². The van der Waals surface area contributed by atoms with Crippen LogP contribution in [-0.4, -0.2) is 30.3 Å². The van der Waals surface area contributed by atoms with E-state index >= 15 is 0 Å². The molecule has 1 saturated carbocycles. The number of aryl methyl sites for hydroxylation is 1. The van der Waals surface area contributed by atoms with Gasteiger partial charge in [0.1, 0.15) is 5.75 Å². The minimum Gasteiger partial charge on any atom is -0.495 e. The van der Waals surface area contributed by atoms with Crippen molar-refractivity contribution in [2.45, 2.75) is 38.6 Å². The predicted molar refractivity (Wildman–Crippen MR) is 88.3 cm³/mol. The van der Waals surface area contributed by atoms with Crippen LogP contribution < -0.4 is 15.4 Å². The number of hydrogen-bond acceptors (Lipinski definition) is 3. The highest BCUT2D eigenvalue weighted by Crippen LogP contribution is 2.31. The molecule has 0 aliphatic heterocycles. The van der Waals surface area contributed by atoms with E-state index in [0.717, 1.165) is 5.56 Å². The van der Waals surface area contributed by atoms with Gasteiger partial charge in [0.25, 0.3) is 0 Å². The van der Waals surface area contributed by atoms with Crippen molar-refractivity contribution in [1.29, 1.82) is 0 Å². The molecule has 1 fully saturated rings. The summed E-state index contributed by atoms with van der Waals surface area (Å²) in [7, 11) is 1.51. The molecule has 0 unspecified atom stereocenters. The Balaban J connectivity index is 1.93. The van der Waals surface area contributed by atoms with Crippen LogP contribution in [0.1, 0.15) is 31.2 Å². The Morgan fingerprint density at radius 1 is 1.26 bits per heavy atom. The van der Waals surface area contributed by atoms with E-state index in [-0.39, 0.29) is 18.0 Å². The van der Waals surface area contributed by atoms with Crippen LogP contribution in [-0.2, 0) is 4.79 Å². The minimum absolute atomic E-state index is 0.00927. The van der Waals surface area contributed by atoms with Gasteiger partial charge in [-0.1, -0.05) is 11.6 Å². The molecule has 3 N–H and O–H groups in total. The average Bonchev–Trinajstić information content (AvgIpc) is 2.51. The van der Waals surface area contributed by atoms with Crippen molar-refractivity contribution in [1.82, 2.24) is 5.32 Å². The standard InChI is InChI=1S/C16H21ClN2O4/c1-9-7-13(14(23-2)8-12(9)17)19-16(22)18-11-5-3-10(4-6-11)15(20)21/h7-8,10-11H,3-6H2,1-2H3,(H,20,21)(H2,18,19,22). The number of urea groups is 1. The second kappa shape index (κ2) is 7.55.